The Morgan fingerprint density at radius 3 is 2.73 bits per heavy atom. The molecule has 1 fully saturated rings. The number of carbonyl (C=O) groups excluding carboxylic acids is 1. The number of hydrogen-bond donors (Lipinski definition) is 1. The van der Waals surface area contributed by atoms with Crippen molar-refractivity contribution in [1.82, 2.24) is 9.80 Å². The van der Waals surface area contributed by atoms with Crippen LogP contribution in [0, 0.1) is 0 Å². The Morgan fingerprint density at radius 1 is 1.53 bits per heavy atom. The maximum absolute atomic E-state index is 11.4. The number of carboxylic acid groups (broad SMARTS) is 1. The van der Waals surface area contributed by atoms with E-state index in [2.05, 4.69) is 0 Å². The van der Waals surface area contributed by atoms with Gasteiger partial charge in [-0.2, -0.15) is 0 Å². The minimum absolute atomic E-state index is 0.104. The Kier molecular flexibility index (Phi) is 3.71. The Bertz CT molecular complexity index is 297. The number of carbonyl (C=O) groups is 2. The second-order valence-corrected chi connectivity index (χ2v) is 3.84. The molecule has 1 saturated heterocycles. The van der Waals surface area contributed by atoms with Crippen LogP contribution in [-0.4, -0.2) is 47.4 Å². The molecular formula is C10H16N2O3. The van der Waals surface area contributed by atoms with Crippen LogP contribution in [-0.2, 0) is 4.79 Å². The summed E-state index contributed by atoms with van der Waals surface area (Å²) in [6.45, 7) is 0.404. The van der Waals surface area contributed by atoms with Crippen LogP contribution in [0.3, 0.4) is 0 Å². The normalized spacial score (nSPS) is 20.3. The van der Waals surface area contributed by atoms with Gasteiger partial charge >= 0.3 is 6.09 Å². The van der Waals surface area contributed by atoms with Crippen molar-refractivity contribution < 1.29 is 14.7 Å². The molecule has 5 heteroatoms. The molecule has 1 aliphatic rings. The smallest absolute Gasteiger partial charge is 0.411 e. The zero-order valence-electron chi connectivity index (χ0n) is 9.06. The van der Waals surface area contributed by atoms with E-state index in [4.69, 9.17) is 5.11 Å². The van der Waals surface area contributed by atoms with Crippen molar-refractivity contribution in [3.05, 3.63) is 11.9 Å². The summed E-state index contributed by atoms with van der Waals surface area (Å²) in [5.74, 6) is 0.104. The predicted molar refractivity (Wildman–Crippen MR) is 55.4 cm³/mol. The van der Waals surface area contributed by atoms with Gasteiger partial charge in [0.15, 0.2) is 0 Å². The molecule has 1 N–H and O–H groups in total. The summed E-state index contributed by atoms with van der Waals surface area (Å²) in [6.07, 6.45) is 1.99. The number of amides is 1. The minimum atomic E-state index is -0.988. The largest absolute Gasteiger partial charge is 0.465 e. The Morgan fingerprint density at radius 2 is 2.20 bits per heavy atom. The average molecular weight is 212 g/mol. The van der Waals surface area contributed by atoms with Crippen LogP contribution in [0.5, 0.6) is 0 Å². The highest BCUT2D eigenvalue weighted by atomic mass is 16.4. The predicted octanol–water partition coefficient (Wildman–Crippen LogP) is 1.12. The first kappa shape index (κ1) is 11.6. The minimum Gasteiger partial charge on any atom is -0.465 e. The first-order chi connectivity index (χ1) is 7.00. The van der Waals surface area contributed by atoms with Gasteiger partial charge in [0, 0.05) is 45.4 Å². The van der Waals surface area contributed by atoms with Crippen LogP contribution < -0.4 is 0 Å². The Labute approximate surface area is 89.0 Å². The van der Waals surface area contributed by atoms with Crippen molar-refractivity contribution >= 4 is 11.9 Å². The van der Waals surface area contributed by atoms with Gasteiger partial charge in [-0.25, -0.2) is 4.79 Å². The number of nitrogens with zero attached hydrogens (tertiary/aromatic N) is 2. The fourth-order valence-electron chi connectivity index (χ4n) is 1.60. The molecule has 0 aromatic carbocycles. The molecule has 1 heterocycles. The summed E-state index contributed by atoms with van der Waals surface area (Å²) in [7, 11) is 3.62. The Hall–Kier alpha value is -1.52. The van der Waals surface area contributed by atoms with Gasteiger partial charge in [-0.3, -0.25) is 9.69 Å². The van der Waals surface area contributed by atoms with Crippen molar-refractivity contribution in [2.75, 3.05) is 20.6 Å². The number of ketones is 1. The first-order valence-corrected chi connectivity index (χ1v) is 4.90. The van der Waals surface area contributed by atoms with Crippen LogP contribution in [0.4, 0.5) is 4.79 Å². The van der Waals surface area contributed by atoms with Crippen molar-refractivity contribution in [1.29, 1.82) is 0 Å². The molecule has 15 heavy (non-hydrogen) atoms. The summed E-state index contributed by atoms with van der Waals surface area (Å²) in [4.78, 5) is 25.3. The molecule has 1 aliphatic heterocycles. The molecule has 0 atom stereocenters. The van der Waals surface area contributed by atoms with Crippen LogP contribution >= 0.6 is 0 Å². The fraction of sp³-hybridized carbons (Fsp3) is 0.600. The van der Waals surface area contributed by atoms with Gasteiger partial charge in [0.2, 0.25) is 0 Å². The molecule has 0 radical (unpaired) electrons. The van der Waals surface area contributed by atoms with E-state index in [1.54, 1.807) is 11.1 Å². The second kappa shape index (κ2) is 4.82. The van der Waals surface area contributed by atoms with Gasteiger partial charge < -0.3 is 10.0 Å². The van der Waals surface area contributed by atoms with Crippen molar-refractivity contribution in [3.8, 4) is 0 Å². The zero-order valence-corrected chi connectivity index (χ0v) is 9.06. The monoisotopic (exact) mass is 212 g/mol. The standard InChI is InChI=1S/C10H16N2O3/c1-11(2)7-8-6-9(13)4-3-5-12(8)10(14)15/h7H,3-6H2,1-2H3,(H,14,15). The van der Waals surface area contributed by atoms with E-state index in [0.29, 0.717) is 25.1 Å². The van der Waals surface area contributed by atoms with Crippen molar-refractivity contribution in [3.63, 3.8) is 0 Å². The lowest BCUT2D eigenvalue weighted by atomic mass is 10.2. The summed E-state index contributed by atoms with van der Waals surface area (Å²) >= 11 is 0. The molecule has 0 aliphatic carbocycles. The summed E-state index contributed by atoms with van der Waals surface area (Å²) in [5.41, 5.74) is 0.565. The third-order valence-corrected chi connectivity index (χ3v) is 2.20. The Balaban J connectivity index is 2.91. The molecule has 0 aromatic rings. The second-order valence-electron chi connectivity index (χ2n) is 3.84. The maximum Gasteiger partial charge on any atom is 0.411 e. The molecule has 0 spiro atoms. The van der Waals surface area contributed by atoms with Gasteiger partial charge in [-0.05, 0) is 6.42 Å². The van der Waals surface area contributed by atoms with E-state index in [1.807, 2.05) is 14.1 Å². The number of hydrogen-bond acceptors (Lipinski definition) is 3. The van der Waals surface area contributed by atoms with Crippen LogP contribution in [0.2, 0.25) is 0 Å². The lowest BCUT2D eigenvalue weighted by Crippen LogP contribution is -2.29. The van der Waals surface area contributed by atoms with E-state index < -0.39 is 6.09 Å². The fourth-order valence-corrected chi connectivity index (χ4v) is 1.60. The zero-order chi connectivity index (χ0) is 11.4. The van der Waals surface area contributed by atoms with E-state index in [9.17, 15) is 9.59 Å². The van der Waals surface area contributed by atoms with Crippen molar-refractivity contribution in [2.24, 2.45) is 0 Å². The van der Waals surface area contributed by atoms with Gasteiger partial charge in [-0.1, -0.05) is 0 Å². The lowest BCUT2D eigenvalue weighted by Gasteiger charge is -2.20. The molecule has 0 aromatic heterocycles. The number of allylic oxidation sites excluding steroid dienone is 1. The SMILES string of the molecule is CN(C)C=C1CC(=O)CCCN1C(=O)O. The third kappa shape index (κ3) is 3.27. The third-order valence-electron chi connectivity index (χ3n) is 2.20. The van der Waals surface area contributed by atoms with Gasteiger partial charge in [0.1, 0.15) is 5.78 Å². The molecular weight excluding hydrogens is 196 g/mol. The quantitative estimate of drug-likeness (QED) is 0.707. The van der Waals surface area contributed by atoms with Crippen LogP contribution in [0.1, 0.15) is 19.3 Å². The average Bonchev–Trinajstić information content (AvgIpc) is 2.25. The summed E-state index contributed by atoms with van der Waals surface area (Å²) < 4.78 is 0. The van der Waals surface area contributed by atoms with Crippen molar-refractivity contribution in [2.45, 2.75) is 19.3 Å². The van der Waals surface area contributed by atoms with E-state index >= 15 is 0 Å². The highest BCUT2D eigenvalue weighted by molar-refractivity contribution is 5.82. The topological polar surface area (TPSA) is 60.9 Å². The lowest BCUT2D eigenvalue weighted by molar-refractivity contribution is -0.118. The highest BCUT2D eigenvalue weighted by Crippen LogP contribution is 2.17. The summed E-state index contributed by atoms with van der Waals surface area (Å²) in [6, 6.07) is 0. The number of Topliss-reactive ketones (excluding diaryl/α,β-unsaturated/α-hetero) is 1. The molecule has 84 valence electrons. The van der Waals surface area contributed by atoms with Crippen LogP contribution in [0.25, 0.3) is 0 Å². The maximum atomic E-state index is 11.4. The van der Waals surface area contributed by atoms with Gasteiger partial charge in [0.05, 0.1) is 0 Å². The number of rotatable bonds is 1. The highest BCUT2D eigenvalue weighted by Gasteiger charge is 2.23. The molecule has 0 unspecified atom stereocenters. The molecule has 0 bridgehead atoms. The van der Waals surface area contributed by atoms with E-state index in [1.165, 1.54) is 4.90 Å². The molecule has 5 nitrogen and oxygen atoms in total. The molecule has 1 amide bonds. The molecule has 1 rings (SSSR count). The number of likely N-dealkylation sites (tertiary alicyclic amines) is 1. The first-order valence-electron chi connectivity index (χ1n) is 4.90. The van der Waals surface area contributed by atoms with E-state index in [0.717, 1.165) is 0 Å². The van der Waals surface area contributed by atoms with Gasteiger partial charge in [-0.15, -0.1) is 0 Å². The van der Waals surface area contributed by atoms with E-state index in [-0.39, 0.29) is 12.2 Å². The molecule has 0 saturated carbocycles. The van der Waals surface area contributed by atoms with Crippen LogP contribution in [0.15, 0.2) is 11.9 Å². The summed E-state index contributed by atoms with van der Waals surface area (Å²) in [5, 5.41) is 8.99. The van der Waals surface area contributed by atoms with Gasteiger partial charge in [0.25, 0.3) is 0 Å².